The van der Waals surface area contributed by atoms with E-state index >= 15 is 0 Å². The molecule has 0 atom stereocenters. The first kappa shape index (κ1) is 15.5. The van der Waals surface area contributed by atoms with Crippen LogP contribution in [0.5, 0.6) is 0 Å². The van der Waals surface area contributed by atoms with Crippen LogP contribution in [0, 0.1) is 0 Å². The van der Waals surface area contributed by atoms with E-state index in [-0.39, 0.29) is 12.1 Å². The Morgan fingerprint density at radius 1 is 0.609 bits per heavy atom. The van der Waals surface area contributed by atoms with Crippen LogP contribution in [-0.2, 0) is 6.42 Å². The molecule has 0 aliphatic rings. The fraction of sp³-hybridized carbons (Fsp3) is 0.143. The van der Waals surface area contributed by atoms with Crippen LogP contribution < -0.4 is 11.5 Å². The van der Waals surface area contributed by atoms with Gasteiger partial charge < -0.3 is 11.5 Å². The van der Waals surface area contributed by atoms with Crippen molar-refractivity contribution in [2.24, 2.45) is 11.5 Å². The molecule has 4 N–H and O–H groups in total. The van der Waals surface area contributed by atoms with Crippen LogP contribution in [0.2, 0.25) is 0 Å². The molecule has 0 saturated carbocycles. The summed E-state index contributed by atoms with van der Waals surface area (Å²) in [7, 11) is 0. The zero-order valence-corrected chi connectivity index (χ0v) is 13.1. The van der Waals surface area contributed by atoms with Gasteiger partial charge in [-0.1, -0.05) is 84.9 Å². The van der Waals surface area contributed by atoms with Crippen molar-refractivity contribution >= 4 is 0 Å². The van der Waals surface area contributed by atoms with E-state index in [9.17, 15) is 0 Å². The molecule has 0 aliphatic carbocycles. The second-order valence-electron chi connectivity index (χ2n) is 5.82. The van der Waals surface area contributed by atoms with Crippen molar-refractivity contribution < 1.29 is 0 Å². The van der Waals surface area contributed by atoms with E-state index in [4.69, 9.17) is 11.5 Å². The fourth-order valence-corrected chi connectivity index (χ4v) is 3.10. The van der Waals surface area contributed by atoms with E-state index in [1.54, 1.807) is 0 Å². The minimum atomic E-state index is -0.344. The largest absolute Gasteiger partial charge is 0.316 e. The number of benzene rings is 3. The highest BCUT2D eigenvalue weighted by molar-refractivity contribution is 5.46. The summed E-state index contributed by atoms with van der Waals surface area (Å²) in [6, 6.07) is 29.6. The van der Waals surface area contributed by atoms with Gasteiger partial charge in [-0.25, -0.2) is 0 Å². The minimum absolute atomic E-state index is 0.187. The Morgan fingerprint density at radius 2 is 1.09 bits per heavy atom. The average molecular weight is 302 g/mol. The quantitative estimate of drug-likeness (QED) is 0.558. The van der Waals surface area contributed by atoms with Crippen molar-refractivity contribution in [3.63, 3.8) is 0 Å². The molecule has 2 heteroatoms. The summed E-state index contributed by atoms with van der Waals surface area (Å²) in [5.41, 5.74) is 16.7. The number of nitrogens with two attached hydrogens (primary N) is 2. The van der Waals surface area contributed by atoms with Crippen molar-refractivity contribution in [1.29, 1.82) is 0 Å². The van der Waals surface area contributed by atoms with E-state index in [0.29, 0.717) is 6.42 Å². The van der Waals surface area contributed by atoms with Crippen LogP contribution in [0.4, 0.5) is 0 Å². The summed E-state index contributed by atoms with van der Waals surface area (Å²) < 4.78 is 0. The van der Waals surface area contributed by atoms with Crippen molar-refractivity contribution in [1.82, 2.24) is 0 Å². The lowest BCUT2D eigenvalue weighted by Gasteiger charge is -2.22. The smallest absolute Gasteiger partial charge is 0.0562 e. The maximum absolute atomic E-state index is 5.85. The Hall–Kier alpha value is -2.42. The first-order valence-electron chi connectivity index (χ1n) is 7.94. The first-order chi connectivity index (χ1) is 11.3. The fourth-order valence-electron chi connectivity index (χ4n) is 3.10. The van der Waals surface area contributed by atoms with Crippen LogP contribution in [0.3, 0.4) is 0 Å². The predicted octanol–water partition coefficient (Wildman–Crippen LogP) is 3.65. The molecule has 3 aromatic carbocycles. The highest BCUT2D eigenvalue weighted by Crippen LogP contribution is 2.33. The lowest BCUT2D eigenvalue weighted by molar-refractivity contribution is 0.696. The van der Waals surface area contributed by atoms with Gasteiger partial charge in [0, 0.05) is 12.3 Å². The Labute approximate surface area is 137 Å². The van der Waals surface area contributed by atoms with Gasteiger partial charge in [0.25, 0.3) is 0 Å². The van der Waals surface area contributed by atoms with Crippen molar-refractivity contribution in [3.8, 4) is 0 Å². The molecule has 0 aromatic heterocycles. The van der Waals surface area contributed by atoms with Gasteiger partial charge in [-0.05, 0) is 22.3 Å². The predicted molar refractivity (Wildman–Crippen MR) is 96.1 cm³/mol. The highest BCUT2D eigenvalue weighted by Gasteiger charge is 2.19. The number of hydrogen-bond acceptors (Lipinski definition) is 2. The molecule has 23 heavy (non-hydrogen) atoms. The molecular weight excluding hydrogens is 280 g/mol. The standard InChI is InChI=1S/C21H22N2/c22-20(23)15-18-13-7-8-14-19(18)21(16-9-3-1-4-10-16)17-11-5-2-6-12-17/h1-14,20-21H,15,22-23H2. The van der Waals surface area contributed by atoms with Gasteiger partial charge in [-0.3, -0.25) is 0 Å². The third kappa shape index (κ3) is 3.67. The molecule has 0 fully saturated rings. The molecule has 116 valence electrons. The summed E-state index contributed by atoms with van der Waals surface area (Å²) in [5.74, 6) is 0.187. The molecule has 0 heterocycles. The molecule has 0 saturated heterocycles. The average Bonchev–Trinajstić information content (AvgIpc) is 2.58. The normalized spacial score (nSPS) is 11.1. The minimum Gasteiger partial charge on any atom is -0.316 e. The number of rotatable bonds is 5. The maximum Gasteiger partial charge on any atom is 0.0562 e. The maximum atomic E-state index is 5.85. The summed E-state index contributed by atoms with van der Waals surface area (Å²) >= 11 is 0. The van der Waals surface area contributed by atoms with Gasteiger partial charge in [0.1, 0.15) is 0 Å². The highest BCUT2D eigenvalue weighted by atomic mass is 14.8. The van der Waals surface area contributed by atoms with Crippen LogP contribution in [0.15, 0.2) is 84.9 Å². The van der Waals surface area contributed by atoms with Crippen LogP contribution in [0.25, 0.3) is 0 Å². The topological polar surface area (TPSA) is 52.0 Å². The van der Waals surface area contributed by atoms with Gasteiger partial charge in [-0.2, -0.15) is 0 Å². The molecule has 0 aliphatic heterocycles. The summed E-state index contributed by atoms with van der Waals surface area (Å²) in [4.78, 5) is 0. The Balaban J connectivity index is 2.14. The SMILES string of the molecule is NC(N)Cc1ccccc1C(c1ccccc1)c1ccccc1. The first-order valence-corrected chi connectivity index (χ1v) is 7.94. The third-order valence-electron chi connectivity index (χ3n) is 4.09. The zero-order chi connectivity index (χ0) is 16.1. The van der Waals surface area contributed by atoms with Crippen molar-refractivity contribution in [2.45, 2.75) is 18.5 Å². The van der Waals surface area contributed by atoms with Crippen LogP contribution in [0.1, 0.15) is 28.2 Å². The molecule has 0 bridgehead atoms. The molecular formula is C21H22N2. The summed E-state index contributed by atoms with van der Waals surface area (Å²) in [6.07, 6.45) is 0.329. The van der Waals surface area contributed by atoms with Gasteiger partial charge in [0.05, 0.1) is 6.17 Å². The Kier molecular flexibility index (Phi) is 4.86. The van der Waals surface area contributed by atoms with E-state index in [0.717, 1.165) is 0 Å². The molecule has 0 spiro atoms. The third-order valence-corrected chi connectivity index (χ3v) is 4.09. The summed E-state index contributed by atoms with van der Waals surface area (Å²) in [6.45, 7) is 0. The lowest BCUT2D eigenvalue weighted by Crippen LogP contribution is -2.33. The molecule has 3 rings (SSSR count). The van der Waals surface area contributed by atoms with Crippen LogP contribution in [-0.4, -0.2) is 6.17 Å². The van der Waals surface area contributed by atoms with E-state index in [1.807, 2.05) is 18.2 Å². The zero-order valence-electron chi connectivity index (χ0n) is 13.1. The van der Waals surface area contributed by atoms with E-state index in [1.165, 1.54) is 22.3 Å². The summed E-state index contributed by atoms with van der Waals surface area (Å²) in [5, 5.41) is 0. The van der Waals surface area contributed by atoms with E-state index in [2.05, 4.69) is 66.7 Å². The van der Waals surface area contributed by atoms with Gasteiger partial charge in [0.15, 0.2) is 0 Å². The van der Waals surface area contributed by atoms with Crippen LogP contribution >= 0.6 is 0 Å². The molecule has 0 unspecified atom stereocenters. The van der Waals surface area contributed by atoms with Crippen molar-refractivity contribution in [3.05, 3.63) is 107 Å². The molecule has 2 nitrogen and oxygen atoms in total. The lowest BCUT2D eigenvalue weighted by atomic mass is 9.82. The number of hydrogen-bond donors (Lipinski definition) is 2. The second kappa shape index (κ2) is 7.23. The molecule has 0 amide bonds. The van der Waals surface area contributed by atoms with Crippen molar-refractivity contribution in [2.75, 3.05) is 0 Å². The van der Waals surface area contributed by atoms with Gasteiger partial charge in [-0.15, -0.1) is 0 Å². The Morgan fingerprint density at radius 3 is 1.61 bits per heavy atom. The van der Waals surface area contributed by atoms with Gasteiger partial charge in [0.2, 0.25) is 0 Å². The molecule has 0 radical (unpaired) electrons. The monoisotopic (exact) mass is 302 g/mol. The Bertz CT molecular complexity index is 697. The second-order valence-corrected chi connectivity index (χ2v) is 5.82. The van der Waals surface area contributed by atoms with E-state index < -0.39 is 0 Å². The molecule has 3 aromatic rings. The van der Waals surface area contributed by atoms with Gasteiger partial charge >= 0.3 is 0 Å².